The van der Waals surface area contributed by atoms with Crippen molar-refractivity contribution in [1.29, 1.82) is 0 Å². The van der Waals surface area contributed by atoms with Gasteiger partial charge in [0.25, 0.3) is 11.8 Å². The number of carbonyl (C=O) groups is 2. The normalized spacial score (nSPS) is 14.6. The van der Waals surface area contributed by atoms with E-state index in [2.05, 4.69) is 31.1 Å². The fourth-order valence-electron chi connectivity index (χ4n) is 4.15. The molecular formula is C27H30FN3O3S. The molecule has 8 heteroatoms. The lowest BCUT2D eigenvalue weighted by Crippen LogP contribution is -2.40. The zero-order chi connectivity index (χ0) is 25.0. The lowest BCUT2D eigenvalue weighted by Gasteiger charge is -2.31. The van der Waals surface area contributed by atoms with Gasteiger partial charge in [-0.15, -0.1) is 11.3 Å². The van der Waals surface area contributed by atoms with Crippen LogP contribution in [-0.4, -0.2) is 41.4 Å². The summed E-state index contributed by atoms with van der Waals surface area (Å²) in [7, 11) is 0. The predicted octanol–water partition coefficient (Wildman–Crippen LogP) is 5.62. The van der Waals surface area contributed by atoms with Crippen LogP contribution >= 0.6 is 11.3 Å². The Hall–Kier alpha value is -3.26. The van der Waals surface area contributed by atoms with Crippen LogP contribution < -0.4 is 10.1 Å². The number of aromatic nitrogens is 1. The van der Waals surface area contributed by atoms with Crippen LogP contribution in [0, 0.1) is 5.82 Å². The summed E-state index contributed by atoms with van der Waals surface area (Å²) in [6.45, 7) is 7.49. The second kappa shape index (κ2) is 10.6. The first-order chi connectivity index (χ1) is 16.7. The molecule has 1 aromatic heterocycles. The zero-order valence-electron chi connectivity index (χ0n) is 20.2. The largest absolute Gasteiger partial charge is 0.484 e. The number of ether oxygens (including phenoxy) is 1. The lowest BCUT2D eigenvalue weighted by molar-refractivity contribution is -0.134. The Labute approximate surface area is 209 Å². The fourth-order valence-corrected chi connectivity index (χ4v) is 5.13. The number of halogens is 1. The quantitative estimate of drug-likeness (QED) is 0.482. The van der Waals surface area contributed by atoms with E-state index in [1.807, 2.05) is 24.3 Å². The maximum atomic E-state index is 13.0. The Kier molecular flexibility index (Phi) is 7.50. The van der Waals surface area contributed by atoms with Gasteiger partial charge in [-0.1, -0.05) is 39.0 Å². The molecule has 1 aliphatic rings. The second-order valence-corrected chi connectivity index (χ2v) is 10.6. The summed E-state index contributed by atoms with van der Waals surface area (Å²) >= 11 is 1.49. The molecule has 4 rings (SSSR count). The number of nitrogens with one attached hydrogen (secondary N) is 1. The SMILES string of the molecule is CC(C)(C)c1ccccc1NC(=O)c1csc(C2CCN(C(=O)COc3ccc(F)cc3)CC2)n1. The van der Waals surface area contributed by atoms with Crippen LogP contribution in [-0.2, 0) is 10.2 Å². The third kappa shape index (κ3) is 6.25. The number of amides is 2. The molecule has 6 nitrogen and oxygen atoms in total. The van der Waals surface area contributed by atoms with Gasteiger partial charge in [-0.3, -0.25) is 9.59 Å². The minimum atomic E-state index is -0.344. The van der Waals surface area contributed by atoms with Gasteiger partial charge in [0.2, 0.25) is 0 Å². The number of likely N-dealkylation sites (tertiary alicyclic amines) is 1. The number of benzene rings is 2. The highest BCUT2D eigenvalue weighted by Gasteiger charge is 2.27. The van der Waals surface area contributed by atoms with E-state index in [1.54, 1.807) is 10.3 Å². The Bertz CT molecular complexity index is 1180. The lowest BCUT2D eigenvalue weighted by atomic mass is 9.86. The van der Waals surface area contributed by atoms with E-state index < -0.39 is 0 Å². The molecule has 184 valence electrons. The summed E-state index contributed by atoms with van der Waals surface area (Å²) in [6, 6.07) is 13.5. The number of hydrogen-bond acceptors (Lipinski definition) is 5. The van der Waals surface area contributed by atoms with Crippen molar-refractivity contribution in [2.45, 2.75) is 44.9 Å². The van der Waals surface area contributed by atoms with E-state index in [9.17, 15) is 14.0 Å². The van der Waals surface area contributed by atoms with Crippen LogP contribution in [0.15, 0.2) is 53.9 Å². The van der Waals surface area contributed by atoms with Crippen LogP contribution in [0.1, 0.15) is 60.6 Å². The predicted molar refractivity (Wildman–Crippen MR) is 136 cm³/mol. The molecule has 2 aromatic carbocycles. The highest BCUT2D eigenvalue weighted by Crippen LogP contribution is 2.32. The van der Waals surface area contributed by atoms with Crippen molar-refractivity contribution in [1.82, 2.24) is 9.88 Å². The molecule has 0 atom stereocenters. The minimum absolute atomic E-state index is 0.0755. The minimum Gasteiger partial charge on any atom is -0.484 e. The highest BCUT2D eigenvalue weighted by atomic mass is 32.1. The van der Waals surface area contributed by atoms with Gasteiger partial charge < -0.3 is 15.0 Å². The number of carbonyl (C=O) groups excluding carboxylic acids is 2. The Morgan fingerprint density at radius 2 is 1.80 bits per heavy atom. The molecule has 0 saturated carbocycles. The number of anilines is 1. The first-order valence-electron chi connectivity index (χ1n) is 11.7. The number of piperidine rings is 1. The number of rotatable bonds is 6. The Morgan fingerprint density at radius 3 is 2.49 bits per heavy atom. The molecule has 2 heterocycles. The van der Waals surface area contributed by atoms with E-state index in [0.29, 0.717) is 24.5 Å². The summed E-state index contributed by atoms with van der Waals surface area (Å²) in [4.78, 5) is 31.8. The summed E-state index contributed by atoms with van der Waals surface area (Å²) in [5.74, 6) is 0.0291. The Balaban J connectivity index is 1.30. The third-order valence-electron chi connectivity index (χ3n) is 6.11. The van der Waals surface area contributed by atoms with Gasteiger partial charge in [-0.2, -0.15) is 0 Å². The van der Waals surface area contributed by atoms with Crippen molar-refractivity contribution in [3.63, 3.8) is 0 Å². The molecule has 2 amide bonds. The van der Waals surface area contributed by atoms with Crippen molar-refractivity contribution < 1.29 is 18.7 Å². The van der Waals surface area contributed by atoms with Gasteiger partial charge in [-0.25, -0.2) is 9.37 Å². The van der Waals surface area contributed by atoms with Gasteiger partial charge >= 0.3 is 0 Å². The van der Waals surface area contributed by atoms with Gasteiger partial charge in [0.05, 0.1) is 5.01 Å². The van der Waals surface area contributed by atoms with Gasteiger partial charge in [0.1, 0.15) is 17.3 Å². The number of nitrogens with zero attached hydrogens (tertiary/aromatic N) is 2. The van der Waals surface area contributed by atoms with E-state index in [-0.39, 0.29) is 35.6 Å². The third-order valence-corrected chi connectivity index (χ3v) is 7.12. The Morgan fingerprint density at radius 1 is 1.11 bits per heavy atom. The fraction of sp³-hybridized carbons (Fsp3) is 0.370. The molecule has 1 aliphatic heterocycles. The average Bonchev–Trinajstić information content (AvgIpc) is 3.34. The molecule has 0 spiro atoms. The van der Waals surface area contributed by atoms with Crippen molar-refractivity contribution in [2.75, 3.05) is 25.0 Å². The summed E-state index contributed by atoms with van der Waals surface area (Å²) < 4.78 is 18.5. The topological polar surface area (TPSA) is 71.5 Å². The first-order valence-corrected chi connectivity index (χ1v) is 12.6. The number of para-hydroxylation sites is 1. The van der Waals surface area contributed by atoms with E-state index in [4.69, 9.17) is 4.74 Å². The molecule has 0 bridgehead atoms. The van der Waals surface area contributed by atoms with Crippen molar-refractivity contribution in [2.24, 2.45) is 0 Å². The molecule has 1 fully saturated rings. The molecule has 1 saturated heterocycles. The van der Waals surface area contributed by atoms with Gasteiger partial charge in [-0.05, 0) is 54.2 Å². The van der Waals surface area contributed by atoms with Crippen molar-refractivity contribution in [3.05, 3.63) is 76.0 Å². The molecule has 0 radical (unpaired) electrons. The summed E-state index contributed by atoms with van der Waals surface area (Å²) in [5.41, 5.74) is 2.20. The molecule has 0 aliphatic carbocycles. The highest BCUT2D eigenvalue weighted by molar-refractivity contribution is 7.10. The van der Waals surface area contributed by atoms with E-state index in [1.165, 1.54) is 35.6 Å². The molecule has 3 aromatic rings. The summed E-state index contributed by atoms with van der Waals surface area (Å²) in [5, 5.41) is 5.75. The maximum Gasteiger partial charge on any atom is 0.275 e. The smallest absolute Gasteiger partial charge is 0.275 e. The summed E-state index contributed by atoms with van der Waals surface area (Å²) in [6.07, 6.45) is 1.56. The molecule has 1 N–H and O–H groups in total. The van der Waals surface area contributed by atoms with Gasteiger partial charge in [0.15, 0.2) is 6.61 Å². The number of thiazole rings is 1. The van der Waals surface area contributed by atoms with Crippen LogP contribution in [0.5, 0.6) is 5.75 Å². The van der Waals surface area contributed by atoms with Crippen LogP contribution in [0.25, 0.3) is 0 Å². The molecule has 0 unspecified atom stereocenters. The van der Waals surface area contributed by atoms with E-state index >= 15 is 0 Å². The van der Waals surface area contributed by atoms with Crippen LogP contribution in [0.4, 0.5) is 10.1 Å². The second-order valence-electron chi connectivity index (χ2n) is 9.72. The van der Waals surface area contributed by atoms with Crippen LogP contribution in [0.3, 0.4) is 0 Å². The monoisotopic (exact) mass is 495 g/mol. The molecule has 35 heavy (non-hydrogen) atoms. The maximum absolute atomic E-state index is 13.0. The van der Waals surface area contributed by atoms with Gasteiger partial charge in [0, 0.05) is 30.1 Å². The number of hydrogen-bond donors (Lipinski definition) is 1. The first kappa shape index (κ1) is 24.9. The van der Waals surface area contributed by atoms with Crippen LogP contribution in [0.2, 0.25) is 0 Å². The molecular weight excluding hydrogens is 465 g/mol. The van der Waals surface area contributed by atoms with E-state index in [0.717, 1.165) is 29.1 Å². The standard InChI is InChI=1S/C27H30FN3O3S/c1-27(2,3)21-6-4-5-7-22(21)29-25(33)23-17-35-26(30-23)18-12-14-31(15-13-18)24(32)16-34-20-10-8-19(28)9-11-20/h4-11,17-18H,12-16H2,1-3H3,(H,29,33). The van der Waals surface area contributed by atoms with Crippen molar-refractivity contribution in [3.8, 4) is 5.75 Å². The van der Waals surface area contributed by atoms with Crippen molar-refractivity contribution >= 4 is 28.8 Å². The zero-order valence-corrected chi connectivity index (χ0v) is 21.0. The average molecular weight is 496 g/mol.